The van der Waals surface area contributed by atoms with Gasteiger partial charge in [-0.2, -0.15) is 4.31 Å². The zero-order chi connectivity index (χ0) is 19.2. The van der Waals surface area contributed by atoms with Crippen molar-refractivity contribution in [1.29, 1.82) is 0 Å². The van der Waals surface area contributed by atoms with Crippen LogP contribution in [0.2, 0.25) is 0 Å². The molecule has 26 heavy (non-hydrogen) atoms. The molecule has 0 atom stereocenters. The number of nitrogens with one attached hydrogen (secondary N) is 1. The van der Waals surface area contributed by atoms with E-state index in [1.54, 1.807) is 33.1 Å². The number of amides is 1. The summed E-state index contributed by atoms with van der Waals surface area (Å²) in [6.45, 7) is 3.63. The Morgan fingerprint density at radius 1 is 1.23 bits per heavy atom. The Hall–Kier alpha value is -1.60. The van der Waals surface area contributed by atoms with E-state index in [2.05, 4.69) is 5.32 Å². The van der Waals surface area contributed by atoms with Gasteiger partial charge in [0.2, 0.25) is 15.9 Å². The van der Waals surface area contributed by atoms with Crippen molar-refractivity contribution >= 4 is 15.9 Å². The van der Waals surface area contributed by atoms with Crippen molar-refractivity contribution in [1.82, 2.24) is 9.62 Å². The number of carbonyl (C=O) groups is 1. The van der Waals surface area contributed by atoms with Gasteiger partial charge >= 0.3 is 0 Å². The normalized spacial score (nSPS) is 16.3. The van der Waals surface area contributed by atoms with E-state index in [9.17, 15) is 13.2 Å². The summed E-state index contributed by atoms with van der Waals surface area (Å²) in [5.41, 5.74) is 0.743. The Bertz CT molecular complexity index is 710. The van der Waals surface area contributed by atoms with Crippen LogP contribution in [0.3, 0.4) is 0 Å². The van der Waals surface area contributed by atoms with Gasteiger partial charge in [0, 0.05) is 12.6 Å². The molecule has 1 aromatic carbocycles. The van der Waals surface area contributed by atoms with Crippen LogP contribution in [0, 0.1) is 6.92 Å². The van der Waals surface area contributed by atoms with Crippen LogP contribution in [0.15, 0.2) is 23.1 Å². The van der Waals surface area contributed by atoms with Crippen molar-refractivity contribution in [2.75, 3.05) is 20.2 Å². The fourth-order valence-corrected chi connectivity index (χ4v) is 4.88. The summed E-state index contributed by atoms with van der Waals surface area (Å²) in [6, 6.07) is 4.91. The Morgan fingerprint density at radius 2 is 1.88 bits per heavy atom. The minimum absolute atomic E-state index is 0.152. The monoisotopic (exact) mass is 382 g/mol. The Kier molecular flexibility index (Phi) is 7.46. The highest BCUT2D eigenvalue weighted by Gasteiger charge is 2.26. The summed E-state index contributed by atoms with van der Waals surface area (Å²) in [4.78, 5) is 12.6. The smallest absolute Gasteiger partial charge is 0.243 e. The van der Waals surface area contributed by atoms with E-state index < -0.39 is 10.0 Å². The average molecular weight is 383 g/mol. The van der Waals surface area contributed by atoms with E-state index in [0.29, 0.717) is 5.75 Å². The molecule has 0 aliphatic heterocycles. The third-order valence-electron chi connectivity index (χ3n) is 4.90. The third-order valence-corrected chi connectivity index (χ3v) is 6.81. The molecular weight excluding hydrogens is 352 g/mol. The predicted molar refractivity (Wildman–Crippen MR) is 102 cm³/mol. The quantitative estimate of drug-likeness (QED) is 0.736. The van der Waals surface area contributed by atoms with Crippen LogP contribution in [-0.2, 0) is 14.8 Å². The summed E-state index contributed by atoms with van der Waals surface area (Å²) in [5.74, 6) is 0.408. The van der Waals surface area contributed by atoms with Crippen LogP contribution in [0.4, 0.5) is 0 Å². The lowest BCUT2D eigenvalue weighted by molar-refractivity contribution is -0.122. The van der Waals surface area contributed by atoms with E-state index in [1.165, 1.54) is 23.2 Å². The van der Waals surface area contributed by atoms with E-state index >= 15 is 0 Å². The summed E-state index contributed by atoms with van der Waals surface area (Å²) in [6.07, 6.45) is 6.60. The number of hydrogen-bond donors (Lipinski definition) is 1. The van der Waals surface area contributed by atoms with Gasteiger partial charge < -0.3 is 10.1 Å². The molecule has 0 aromatic heterocycles. The summed E-state index contributed by atoms with van der Waals surface area (Å²) < 4.78 is 32.2. The highest BCUT2D eigenvalue weighted by atomic mass is 32.2. The lowest BCUT2D eigenvalue weighted by Crippen LogP contribution is -2.44. The Morgan fingerprint density at radius 3 is 2.42 bits per heavy atom. The largest absolute Gasteiger partial charge is 0.496 e. The van der Waals surface area contributed by atoms with Crippen molar-refractivity contribution in [3.63, 3.8) is 0 Å². The molecule has 2 rings (SSSR count). The lowest BCUT2D eigenvalue weighted by atomic mass is 10.1. The van der Waals surface area contributed by atoms with Crippen molar-refractivity contribution in [2.24, 2.45) is 0 Å². The van der Waals surface area contributed by atoms with Gasteiger partial charge in [0.1, 0.15) is 5.75 Å². The molecule has 146 valence electrons. The maximum atomic E-state index is 12.9. The molecule has 1 N–H and O–H groups in total. The molecule has 7 heteroatoms. The van der Waals surface area contributed by atoms with Gasteiger partial charge in [-0.1, -0.05) is 32.6 Å². The first-order chi connectivity index (χ1) is 12.4. The minimum Gasteiger partial charge on any atom is -0.496 e. The van der Waals surface area contributed by atoms with Gasteiger partial charge in [-0.25, -0.2) is 8.42 Å². The molecule has 1 amide bonds. The second-order valence-electron chi connectivity index (χ2n) is 6.82. The van der Waals surface area contributed by atoms with E-state index in [-0.39, 0.29) is 29.9 Å². The van der Waals surface area contributed by atoms with Crippen LogP contribution in [0.5, 0.6) is 5.75 Å². The molecular formula is C19H30N2O4S. The number of likely N-dealkylation sites (N-methyl/N-ethyl adjacent to an activating group) is 1. The molecule has 0 spiro atoms. The maximum Gasteiger partial charge on any atom is 0.243 e. The second kappa shape index (κ2) is 9.37. The zero-order valence-corrected chi connectivity index (χ0v) is 16.8. The lowest BCUT2D eigenvalue weighted by Gasteiger charge is -2.22. The molecule has 0 saturated heterocycles. The van der Waals surface area contributed by atoms with Crippen LogP contribution in [-0.4, -0.2) is 44.9 Å². The zero-order valence-electron chi connectivity index (χ0n) is 16.0. The van der Waals surface area contributed by atoms with Crippen molar-refractivity contribution in [3.8, 4) is 5.75 Å². The molecule has 1 fully saturated rings. The molecule has 0 unspecified atom stereocenters. The Labute approximate surface area is 157 Å². The number of benzene rings is 1. The van der Waals surface area contributed by atoms with Gasteiger partial charge in [0.25, 0.3) is 0 Å². The minimum atomic E-state index is -3.72. The SMILES string of the molecule is CCN(CC(=O)NC1CCCCCC1)S(=O)(=O)c1ccc(OC)c(C)c1. The maximum absolute atomic E-state index is 12.9. The molecule has 0 bridgehead atoms. The topological polar surface area (TPSA) is 75.7 Å². The first-order valence-electron chi connectivity index (χ1n) is 9.32. The summed E-state index contributed by atoms with van der Waals surface area (Å²) in [7, 11) is -2.18. The number of nitrogens with zero attached hydrogens (tertiary/aromatic N) is 1. The van der Waals surface area contributed by atoms with Gasteiger partial charge in [-0.3, -0.25) is 4.79 Å². The van der Waals surface area contributed by atoms with Crippen molar-refractivity contribution in [3.05, 3.63) is 23.8 Å². The molecule has 1 aromatic rings. The molecule has 1 saturated carbocycles. The first kappa shape index (κ1) is 20.7. The Balaban J connectivity index is 2.08. The van der Waals surface area contributed by atoms with Crippen molar-refractivity contribution in [2.45, 2.75) is 63.3 Å². The van der Waals surface area contributed by atoms with Crippen LogP contribution in [0.1, 0.15) is 51.0 Å². The molecule has 0 heterocycles. The van der Waals surface area contributed by atoms with Gasteiger partial charge in [-0.15, -0.1) is 0 Å². The number of sulfonamides is 1. The number of rotatable bonds is 7. The molecule has 1 aliphatic carbocycles. The van der Waals surface area contributed by atoms with E-state index in [0.717, 1.165) is 31.2 Å². The van der Waals surface area contributed by atoms with Gasteiger partial charge in [0.05, 0.1) is 18.6 Å². The number of hydrogen-bond acceptors (Lipinski definition) is 4. The summed E-state index contributed by atoms with van der Waals surface area (Å²) >= 11 is 0. The van der Waals surface area contributed by atoms with Gasteiger partial charge in [0.15, 0.2) is 0 Å². The van der Waals surface area contributed by atoms with Gasteiger partial charge in [-0.05, 0) is 43.5 Å². The van der Waals surface area contributed by atoms with E-state index in [4.69, 9.17) is 4.74 Å². The fourth-order valence-electron chi connectivity index (χ4n) is 3.38. The number of ether oxygens (including phenoxy) is 1. The molecule has 0 radical (unpaired) electrons. The standard InChI is InChI=1S/C19H30N2O4S/c1-4-21(14-19(22)20-16-9-7-5-6-8-10-16)26(23,24)17-11-12-18(25-3)15(2)13-17/h11-13,16H,4-10,14H2,1-3H3,(H,20,22). The molecule has 6 nitrogen and oxygen atoms in total. The second-order valence-corrected chi connectivity index (χ2v) is 8.76. The summed E-state index contributed by atoms with van der Waals surface area (Å²) in [5, 5.41) is 3.01. The molecule has 1 aliphatic rings. The van der Waals surface area contributed by atoms with Crippen LogP contribution < -0.4 is 10.1 Å². The fraction of sp³-hybridized carbons (Fsp3) is 0.632. The number of carbonyl (C=O) groups excluding carboxylic acids is 1. The van der Waals surface area contributed by atoms with E-state index in [1.807, 2.05) is 0 Å². The van der Waals surface area contributed by atoms with Crippen LogP contribution >= 0.6 is 0 Å². The predicted octanol–water partition coefficient (Wildman–Crippen LogP) is 2.85. The number of methoxy groups -OCH3 is 1. The first-order valence-corrected chi connectivity index (χ1v) is 10.8. The highest BCUT2D eigenvalue weighted by molar-refractivity contribution is 7.89. The van der Waals surface area contributed by atoms with Crippen LogP contribution in [0.25, 0.3) is 0 Å². The van der Waals surface area contributed by atoms with Crippen molar-refractivity contribution < 1.29 is 17.9 Å². The highest BCUT2D eigenvalue weighted by Crippen LogP contribution is 2.24. The number of aryl methyl sites for hydroxylation is 1. The average Bonchev–Trinajstić information content (AvgIpc) is 2.88. The third kappa shape index (κ3) is 5.20.